The standard InChI is InChI=1S/C13H15N3S3/c1-8-2-3-11-10(4-8)16-9(7-19-11)5-15(13(16)18)6-12(14)17/h2-4,9H,5-7H2,1H3,(H2,14,17). The highest BCUT2D eigenvalue weighted by atomic mass is 32.2. The molecule has 2 N–H and O–H groups in total. The van der Waals surface area contributed by atoms with Crippen LogP contribution in [0.2, 0.25) is 0 Å². The number of nitrogens with zero attached hydrogens (tertiary/aromatic N) is 2. The van der Waals surface area contributed by atoms with Gasteiger partial charge in [0, 0.05) is 17.2 Å². The summed E-state index contributed by atoms with van der Waals surface area (Å²) in [5, 5.41) is 0.852. The van der Waals surface area contributed by atoms with Crippen LogP contribution in [0.25, 0.3) is 0 Å². The molecule has 1 saturated heterocycles. The summed E-state index contributed by atoms with van der Waals surface area (Å²) in [7, 11) is 0. The Bertz CT molecular complexity index is 558. The fourth-order valence-electron chi connectivity index (χ4n) is 2.59. The molecule has 0 spiro atoms. The minimum atomic E-state index is 0.432. The van der Waals surface area contributed by atoms with Gasteiger partial charge < -0.3 is 15.5 Å². The summed E-state index contributed by atoms with van der Waals surface area (Å²) in [5.41, 5.74) is 8.14. The lowest BCUT2D eigenvalue weighted by atomic mass is 10.2. The number of rotatable bonds is 2. The molecule has 3 rings (SSSR count). The van der Waals surface area contributed by atoms with Crippen molar-refractivity contribution in [3.05, 3.63) is 23.8 Å². The topological polar surface area (TPSA) is 32.5 Å². The number of aryl methyl sites for hydroxylation is 1. The van der Waals surface area contributed by atoms with E-state index in [9.17, 15) is 0 Å². The Morgan fingerprint density at radius 1 is 1.53 bits per heavy atom. The number of hydrogen-bond donors (Lipinski definition) is 1. The van der Waals surface area contributed by atoms with Crippen molar-refractivity contribution in [1.82, 2.24) is 4.90 Å². The van der Waals surface area contributed by atoms with E-state index in [-0.39, 0.29) is 0 Å². The number of benzene rings is 1. The number of fused-ring (bicyclic) bond motifs is 3. The van der Waals surface area contributed by atoms with Gasteiger partial charge in [-0.15, -0.1) is 11.8 Å². The van der Waals surface area contributed by atoms with Gasteiger partial charge in [0.15, 0.2) is 5.11 Å². The van der Waals surface area contributed by atoms with Gasteiger partial charge in [-0.05, 0) is 36.8 Å². The number of thioether (sulfide) groups is 1. The lowest BCUT2D eigenvalue weighted by molar-refractivity contribution is 0.503. The molecule has 1 aromatic rings. The maximum Gasteiger partial charge on any atom is 0.176 e. The first kappa shape index (κ1) is 13.1. The van der Waals surface area contributed by atoms with E-state index >= 15 is 0 Å². The van der Waals surface area contributed by atoms with Gasteiger partial charge in [-0.1, -0.05) is 18.3 Å². The highest BCUT2D eigenvalue weighted by molar-refractivity contribution is 7.99. The molecule has 100 valence electrons. The molecule has 1 unspecified atom stereocenters. The summed E-state index contributed by atoms with van der Waals surface area (Å²) in [6, 6.07) is 6.98. The zero-order valence-corrected chi connectivity index (χ0v) is 13.1. The van der Waals surface area contributed by atoms with Crippen LogP contribution in [0.5, 0.6) is 0 Å². The Balaban J connectivity index is 1.95. The summed E-state index contributed by atoms with van der Waals surface area (Å²) in [4.78, 5) is 6.19. The first-order valence-electron chi connectivity index (χ1n) is 6.16. The van der Waals surface area contributed by atoms with Gasteiger partial charge >= 0.3 is 0 Å². The van der Waals surface area contributed by atoms with Crippen molar-refractivity contribution in [2.45, 2.75) is 17.9 Å². The lowest BCUT2D eigenvalue weighted by Crippen LogP contribution is -2.39. The van der Waals surface area contributed by atoms with E-state index in [1.54, 1.807) is 0 Å². The molecule has 2 aliphatic heterocycles. The third-order valence-electron chi connectivity index (χ3n) is 3.42. The molecule has 0 aromatic heterocycles. The van der Waals surface area contributed by atoms with Gasteiger partial charge in [-0.2, -0.15) is 0 Å². The quantitative estimate of drug-likeness (QED) is 0.843. The van der Waals surface area contributed by atoms with E-state index in [1.165, 1.54) is 16.1 Å². The van der Waals surface area contributed by atoms with Gasteiger partial charge in [-0.25, -0.2) is 0 Å². The van der Waals surface area contributed by atoms with Gasteiger partial charge in [0.2, 0.25) is 0 Å². The molecule has 0 radical (unpaired) electrons. The highest BCUT2D eigenvalue weighted by Crippen LogP contribution is 2.41. The van der Waals surface area contributed by atoms with Crippen LogP contribution in [0.15, 0.2) is 23.1 Å². The molecule has 1 aromatic carbocycles. The molecule has 19 heavy (non-hydrogen) atoms. The zero-order chi connectivity index (χ0) is 13.6. The first-order valence-corrected chi connectivity index (χ1v) is 7.96. The second kappa shape index (κ2) is 4.92. The summed E-state index contributed by atoms with van der Waals surface area (Å²) >= 11 is 12.5. The number of nitrogens with two attached hydrogens (primary N) is 1. The minimum Gasteiger partial charge on any atom is -0.392 e. The molecular weight excluding hydrogens is 294 g/mol. The summed E-state index contributed by atoms with van der Waals surface area (Å²) in [6.45, 7) is 3.60. The summed E-state index contributed by atoms with van der Waals surface area (Å²) in [5.74, 6) is 1.06. The van der Waals surface area contributed by atoms with Crippen LogP contribution in [-0.2, 0) is 0 Å². The molecule has 6 heteroatoms. The van der Waals surface area contributed by atoms with Crippen LogP contribution in [0.4, 0.5) is 5.69 Å². The number of hydrogen-bond acceptors (Lipinski definition) is 3. The second-order valence-electron chi connectivity index (χ2n) is 4.94. The number of thiocarbonyl (C=S) groups is 2. The molecule has 0 aliphatic carbocycles. The highest BCUT2D eigenvalue weighted by Gasteiger charge is 2.38. The minimum absolute atomic E-state index is 0.432. The largest absolute Gasteiger partial charge is 0.392 e. The summed E-state index contributed by atoms with van der Waals surface area (Å²) < 4.78 is 0. The van der Waals surface area contributed by atoms with Crippen LogP contribution < -0.4 is 10.6 Å². The van der Waals surface area contributed by atoms with Crippen molar-refractivity contribution < 1.29 is 0 Å². The molecule has 2 heterocycles. The van der Waals surface area contributed by atoms with Crippen LogP contribution in [0.3, 0.4) is 0 Å². The van der Waals surface area contributed by atoms with Crippen molar-refractivity contribution in [2.24, 2.45) is 5.73 Å². The molecule has 0 saturated carbocycles. The first-order chi connectivity index (χ1) is 9.06. The van der Waals surface area contributed by atoms with E-state index in [4.69, 9.17) is 30.2 Å². The fraction of sp³-hybridized carbons (Fsp3) is 0.385. The average molecular weight is 309 g/mol. The molecule has 1 atom stereocenters. The van der Waals surface area contributed by atoms with Crippen LogP contribution in [-0.4, -0.2) is 39.9 Å². The third-order valence-corrected chi connectivity index (χ3v) is 5.22. The van der Waals surface area contributed by atoms with Gasteiger partial charge in [-0.3, -0.25) is 0 Å². The molecule has 0 amide bonds. The van der Waals surface area contributed by atoms with Crippen molar-refractivity contribution in [2.75, 3.05) is 23.7 Å². The summed E-state index contributed by atoms with van der Waals surface area (Å²) in [6.07, 6.45) is 0. The molecule has 1 fully saturated rings. The average Bonchev–Trinajstić information content (AvgIpc) is 2.66. The van der Waals surface area contributed by atoms with Crippen LogP contribution in [0.1, 0.15) is 5.56 Å². The zero-order valence-electron chi connectivity index (χ0n) is 10.6. The number of anilines is 1. The Labute approximate surface area is 128 Å². The van der Waals surface area contributed by atoms with Crippen molar-refractivity contribution in [1.29, 1.82) is 0 Å². The van der Waals surface area contributed by atoms with E-state index in [0.29, 0.717) is 17.6 Å². The van der Waals surface area contributed by atoms with Gasteiger partial charge in [0.25, 0.3) is 0 Å². The van der Waals surface area contributed by atoms with Crippen molar-refractivity contribution >= 4 is 52.0 Å². The Morgan fingerprint density at radius 3 is 3.05 bits per heavy atom. The van der Waals surface area contributed by atoms with Gasteiger partial charge in [0.1, 0.15) is 0 Å². The Hall–Kier alpha value is -0.850. The van der Waals surface area contributed by atoms with E-state index in [2.05, 4.69) is 34.9 Å². The maximum atomic E-state index is 5.65. The Kier molecular flexibility index (Phi) is 3.41. The van der Waals surface area contributed by atoms with E-state index in [0.717, 1.165) is 17.4 Å². The predicted molar refractivity (Wildman–Crippen MR) is 89.1 cm³/mol. The molecular formula is C13H15N3S3. The smallest absolute Gasteiger partial charge is 0.176 e. The maximum absolute atomic E-state index is 5.65. The Morgan fingerprint density at radius 2 is 2.32 bits per heavy atom. The second-order valence-corrected chi connectivity index (χ2v) is 6.89. The van der Waals surface area contributed by atoms with E-state index in [1.807, 2.05) is 11.8 Å². The molecule has 0 bridgehead atoms. The van der Waals surface area contributed by atoms with Crippen molar-refractivity contribution in [3.8, 4) is 0 Å². The predicted octanol–water partition coefficient (Wildman–Crippen LogP) is 2.16. The normalized spacial score (nSPS) is 21.3. The molecule has 3 nitrogen and oxygen atoms in total. The monoisotopic (exact) mass is 309 g/mol. The van der Waals surface area contributed by atoms with Crippen LogP contribution >= 0.6 is 36.2 Å². The van der Waals surface area contributed by atoms with Crippen LogP contribution in [0, 0.1) is 6.92 Å². The van der Waals surface area contributed by atoms with Gasteiger partial charge in [0.05, 0.1) is 23.3 Å². The van der Waals surface area contributed by atoms with E-state index < -0.39 is 0 Å². The SMILES string of the molecule is Cc1ccc2c(c1)N1C(=S)N(CC(N)=S)CC1CS2. The van der Waals surface area contributed by atoms with Crippen molar-refractivity contribution in [3.63, 3.8) is 0 Å². The lowest BCUT2D eigenvalue weighted by Gasteiger charge is -2.31. The fourth-order valence-corrected chi connectivity index (χ4v) is 4.23. The molecule has 2 aliphatic rings. The third kappa shape index (κ3) is 2.32.